The predicted molar refractivity (Wildman–Crippen MR) is 85.8 cm³/mol. The zero-order valence-electron chi connectivity index (χ0n) is 13.0. The first-order chi connectivity index (χ1) is 10.6. The fourth-order valence-electron chi connectivity index (χ4n) is 3.08. The monoisotopic (exact) mass is 305 g/mol. The Balaban J connectivity index is 1.87. The van der Waals surface area contributed by atoms with Gasteiger partial charge in [0.15, 0.2) is 0 Å². The first-order valence-electron chi connectivity index (χ1n) is 7.90. The van der Waals surface area contributed by atoms with Gasteiger partial charge in [0.2, 0.25) is 5.91 Å². The number of benzene rings is 1. The summed E-state index contributed by atoms with van der Waals surface area (Å²) < 4.78 is 0. The Kier molecular flexibility index (Phi) is 5.75. The largest absolute Gasteiger partial charge is 0.379 e. The topological polar surface area (TPSA) is 75.5 Å². The van der Waals surface area contributed by atoms with Gasteiger partial charge in [0.1, 0.15) is 5.69 Å². The number of carbonyl (C=O) groups excluding carboxylic acids is 1. The lowest BCUT2D eigenvalue weighted by Gasteiger charge is -2.27. The first kappa shape index (κ1) is 16.3. The molecule has 0 heterocycles. The molecule has 1 aromatic carbocycles. The normalized spacial score (nSPS) is 14.8. The van der Waals surface area contributed by atoms with Crippen molar-refractivity contribution in [1.82, 2.24) is 4.90 Å². The molecular formula is C16H23N3O3. The highest BCUT2D eigenvalue weighted by Crippen LogP contribution is 2.25. The Bertz CT molecular complexity index is 527. The van der Waals surface area contributed by atoms with E-state index in [1.54, 1.807) is 18.2 Å². The second kappa shape index (κ2) is 7.77. The van der Waals surface area contributed by atoms with Gasteiger partial charge in [-0.15, -0.1) is 0 Å². The second-order valence-electron chi connectivity index (χ2n) is 5.57. The highest BCUT2D eigenvalue weighted by Gasteiger charge is 2.24. The van der Waals surface area contributed by atoms with Crippen LogP contribution in [0.15, 0.2) is 24.3 Å². The van der Waals surface area contributed by atoms with Gasteiger partial charge in [-0.2, -0.15) is 0 Å². The number of nitro benzene ring substituents is 1. The first-order valence-corrected chi connectivity index (χ1v) is 7.90. The minimum Gasteiger partial charge on any atom is -0.379 e. The summed E-state index contributed by atoms with van der Waals surface area (Å²) in [5.41, 5.74) is 0.502. The maximum Gasteiger partial charge on any atom is 0.292 e. The smallest absolute Gasteiger partial charge is 0.292 e. The van der Waals surface area contributed by atoms with Gasteiger partial charge in [-0.1, -0.05) is 25.0 Å². The van der Waals surface area contributed by atoms with Crippen LogP contribution in [0.25, 0.3) is 0 Å². The molecule has 0 aliphatic heterocycles. The number of nitrogens with zero attached hydrogens (tertiary/aromatic N) is 2. The molecule has 2 rings (SSSR count). The van der Waals surface area contributed by atoms with E-state index < -0.39 is 4.92 Å². The minimum absolute atomic E-state index is 0.0399. The van der Waals surface area contributed by atoms with E-state index in [9.17, 15) is 14.9 Å². The van der Waals surface area contributed by atoms with E-state index in [0.29, 0.717) is 24.7 Å². The Morgan fingerprint density at radius 1 is 1.36 bits per heavy atom. The summed E-state index contributed by atoms with van der Waals surface area (Å²) in [5.74, 6) is 0.125. The zero-order chi connectivity index (χ0) is 15.9. The molecule has 6 heteroatoms. The van der Waals surface area contributed by atoms with E-state index in [1.807, 2.05) is 11.8 Å². The summed E-state index contributed by atoms with van der Waals surface area (Å²) in [6.45, 7) is 3.15. The number of para-hydroxylation sites is 2. The number of amides is 1. The Morgan fingerprint density at radius 3 is 2.68 bits per heavy atom. The summed E-state index contributed by atoms with van der Waals surface area (Å²) in [4.78, 5) is 24.8. The summed E-state index contributed by atoms with van der Waals surface area (Å²) in [6.07, 6.45) is 4.94. The van der Waals surface area contributed by atoms with Gasteiger partial charge >= 0.3 is 0 Å². The van der Waals surface area contributed by atoms with E-state index in [0.717, 1.165) is 19.4 Å². The maximum atomic E-state index is 12.3. The van der Waals surface area contributed by atoms with Gasteiger partial charge in [-0.3, -0.25) is 14.9 Å². The third-order valence-electron chi connectivity index (χ3n) is 4.18. The molecule has 1 N–H and O–H groups in total. The second-order valence-corrected chi connectivity index (χ2v) is 5.57. The van der Waals surface area contributed by atoms with Crippen LogP contribution in [0.2, 0.25) is 0 Å². The SMILES string of the molecule is CCN(C(=O)CCNc1ccccc1[N+](=O)[O-])C1CCCC1. The van der Waals surface area contributed by atoms with Crippen molar-refractivity contribution in [3.63, 3.8) is 0 Å². The van der Waals surface area contributed by atoms with Crippen LogP contribution in [0.5, 0.6) is 0 Å². The number of hydrogen-bond acceptors (Lipinski definition) is 4. The molecule has 0 saturated heterocycles. The van der Waals surface area contributed by atoms with Crippen LogP contribution in [0.3, 0.4) is 0 Å². The summed E-state index contributed by atoms with van der Waals surface area (Å²) in [7, 11) is 0. The van der Waals surface area contributed by atoms with Gasteiger partial charge in [0.05, 0.1) is 4.92 Å². The van der Waals surface area contributed by atoms with Crippen molar-refractivity contribution in [2.75, 3.05) is 18.4 Å². The molecule has 0 bridgehead atoms. The number of hydrogen-bond donors (Lipinski definition) is 1. The average Bonchev–Trinajstić information content (AvgIpc) is 3.02. The van der Waals surface area contributed by atoms with E-state index in [-0.39, 0.29) is 11.6 Å². The van der Waals surface area contributed by atoms with E-state index in [4.69, 9.17) is 0 Å². The van der Waals surface area contributed by atoms with Crippen molar-refractivity contribution in [3.05, 3.63) is 34.4 Å². The number of nitro groups is 1. The van der Waals surface area contributed by atoms with Gasteiger partial charge in [0.25, 0.3) is 5.69 Å². The van der Waals surface area contributed by atoms with Crippen molar-refractivity contribution in [1.29, 1.82) is 0 Å². The fourth-order valence-corrected chi connectivity index (χ4v) is 3.08. The molecule has 1 fully saturated rings. The maximum absolute atomic E-state index is 12.3. The lowest BCUT2D eigenvalue weighted by molar-refractivity contribution is -0.384. The van der Waals surface area contributed by atoms with E-state index in [1.165, 1.54) is 18.9 Å². The van der Waals surface area contributed by atoms with Gasteiger partial charge in [0, 0.05) is 31.6 Å². The molecule has 0 unspecified atom stereocenters. The van der Waals surface area contributed by atoms with Crippen LogP contribution in [-0.4, -0.2) is 34.9 Å². The average molecular weight is 305 g/mol. The molecule has 1 aromatic rings. The van der Waals surface area contributed by atoms with Crippen molar-refractivity contribution in [3.8, 4) is 0 Å². The molecule has 1 amide bonds. The van der Waals surface area contributed by atoms with Crippen molar-refractivity contribution in [2.45, 2.75) is 45.1 Å². The quantitative estimate of drug-likeness (QED) is 0.620. The molecule has 6 nitrogen and oxygen atoms in total. The Labute approximate surface area is 130 Å². The van der Waals surface area contributed by atoms with E-state index in [2.05, 4.69) is 5.32 Å². The van der Waals surface area contributed by atoms with Crippen molar-refractivity contribution < 1.29 is 9.72 Å². The third kappa shape index (κ3) is 3.96. The summed E-state index contributed by atoms with van der Waals surface area (Å²) in [6, 6.07) is 6.88. The summed E-state index contributed by atoms with van der Waals surface area (Å²) >= 11 is 0. The molecule has 0 spiro atoms. The minimum atomic E-state index is -0.416. The fraction of sp³-hybridized carbons (Fsp3) is 0.562. The molecule has 22 heavy (non-hydrogen) atoms. The highest BCUT2D eigenvalue weighted by molar-refractivity contribution is 5.77. The van der Waals surface area contributed by atoms with Crippen LogP contribution in [0.1, 0.15) is 39.0 Å². The van der Waals surface area contributed by atoms with Crippen LogP contribution >= 0.6 is 0 Å². The van der Waals surface area contributed by atoms with Crippen molar-refractivity contribution >= 4 is 17.3 Å². The predicted octanol–water partition coefficient (Wildman–Crippen LogP) is 3.19. The third-order valence-corrected chi connectivity index (χ3v) is 4.18. The van der Waals surface area contributed by atoms with Crippen LogP contribution in [0.4, 0.5) is 11.4 Å². The Hall–Kier alpha value is -2.11. The number of rotatable bonds is 7. The molecule has 0 atom stereocenters. The number of carbonyl (C=O) groups is 1. The van der Waals surface area contributed by atoms with Gasteiger partial charge < -0.3 is 10.2 Å². The standard InChI is InChI=1S/C16H23N3O3/c1-2-18(13-7-3-4-8-13)16(20)11-12-17-14-9-5-6-10-15(14)19(21)22/h5-6,9-10,13,17H,2-4,7-8,11-12H2,1H3. The van der Waals surface area contributed by atoms with Crippen LogP contribution in [0, 0.1) is 10.1 Å². The molecule has 1 saturated carbocycles. The van der Waals surface area contributed by atoms with Crippen LogP contribution in [-0.2, 0) is 4.79 Å². The molecular weight excluding hydrogens is 282 g/mol. The van der Waals surface area contributed by atoms with Crippen LogP contribution < -0.4 is 5.32 Å². The Morgan fingerprint density at radius 2 is 2.05 bits per heavy atom. The molecule has 0 aromatic heterocycles. The number of anilines is 1. The lowest BCUT2D eigenvalue weighted by Crippen LogP contribution is -2.39. The van der Waals surface area contributed by atoms with Gasteiger partial charge in [-0.25, -0.2) is 0 Å². The molecule has 1 aliphatic carbocycles. The molecule has 120 valence electrons. The zero-order valence-corrected chi connectivity index (χ0v) is 13.0. The van der Waals surface area contributed by atoms with E-state index >= 15 is 0 Å². The highest BCUT2D eigenvalue weighted by atomic mass is 16.6. The lowest BCUT2D eigenvalue weighted by atomic mass is 10.2. The number of nitrogens with one attached hydrogen (secondary N) is 1. The molecule has 0 radical (unpaired) electrons. The van der Waals surface area contributed by atoms with Crippen molar-refractivity contribution in [2.24, 2.45) is 0 Å². The molecule has 1 aliphatic rings. The summed E-state index contributed by atoms with van der Waals surface area (Å²) in [5, 5.41) is 13.9. The van der Waals surface area contributed by atoms with Gasteiger partial charge in [-0.05, 0) is 25.8 Å².